The molecule has 1 atom stereocenters. The fourth-order valence-corrected chi connectivity index (χ4v) is 6.22. The van der Waals surface area contributed by atoms with Crippen LogP contribution >= 0.6 is 34.5 Å². The van der Waals surface area contributed by atoms with E-state index >= 15 is 0 Å². The van der Waals surface area contributed by atoms with Gasteiger partial charge in [0.05, 0.1) is 16.3 Å². The van der Waals surface area contributed by atoms with Crippen LogP contribution in [-0.2, 0) is 0 Å². The molecular formula is C30H22Cl2N2OS. The molecule has 2 heterocycles. The van der Waals surface area contributed by atoms with Gasteiger partial charge in [-0.1, -0.05) is 89.1 Å². The van der Waals surface area contributed by atoms with E-state index in [0.29, 0.717) is 9.55 Å². The van der Waals surface area contributed by atoms with Crippen molar-refractivity contribution < 1.29 is 0 Å². The lowest BCUT2D eigenvalue weighted by atomic mass is 9.84. The molecule has 1 unspecified atom stereocenters. The molecule has 0 saturated heterocycles. The van der Waals surface area contributed by atoms with Gasteiger partial charge in [0.1, 0.15) is 0 Å². The maximum absolute atomic E-state index is 13.8. The summed E-state index contributed by atoms with van der Waals surface area (Å²) in [6, 6.07) is 25.4. The van der Waals surface area contributed by atoms with Crippen molar-refractivity contribution in [3.05, 3.63) is 142 Å². The highest BCUT2D eigenvalue weighted by Crippen LogP contribution is 2.41. The minimum Gasteiger partial charge on any atom is -0.272 e. The lowest BCUT2D eigenvalue weighted by Crippen LogP contribution is -2.39. The van der Waals surface area contributed by atoms with Gasteiger partial charge >= 0.3 is 0 Å². The van der Waals surface area contributed by atoms with Crippen LogP contribution in [0.4, 0.5) is 0 Å². The van der Waals surface area contributed by atoms with Gasteiger partial charge in [-0.05, 0) is 83.5 Å². The first kappa shape index (κ1) is 23.2. The first-order chi connectivity index (χ1) is 17.6. The molecule has 0 spiro atoms. The predicted molar refractivity (Wildman–Crippen MR) is 149 cm³/mol. The molecule has 0 saturated carbocycles. The molecule has 3 nitrogen and oxygen atoms in total. The number of nitrogens with zero attached hydrogens (tertiary/aromatic N) is 2. The molecule has 1 aromatic heterocycles. The van der Waals surface area contributed by atoms with Crippen LogP contribution in [-0.4, -0.2) is 4.57 Å². The van der Waals surface area contributed by atoms with Crippen molar-refractivity contribution in [2.45, 2.75) is 25.3 Å². The zero-order chi connectivity index (χ0) is 24.6. The van der Waals surface area contributed by atoms with Gasteiger partial charge in [-0.3, -0.25) is 9.36 Å². The second-order valence-electron chi connectivity index (χ2n) is 8.99. The second kappa shape index (κ2) is 9.70. The largest absolute Gasteiger partial charge is 0.272 e. The van der Waals surface area contributed by atoms with Gasteiger partial charge in [0.15, 0.2) is 4.80 Å². The predicted octanol–water partition coefficient (Wildman–Crippen LogP) is 6.79. The van der Waals surface area contributed by atoms with Crippen LogP contribution in [0, 0.1) is 0 Å². The van der Waals surface area contributed by atoms with Crippen LogP contribution in [0.25, 0.3) is 12.2 Å². The first-order valence-electron chi connectivity index (χ1n) is 11.9. The van der Waals surface area contributed by atoms with Gasteiger partial charge in [0, 0.05) is 10.0 Å². The quantitative estimate of drug-likeness (QED) is 0.288. The molecule has 36 heavy (non-hydrogen) atoms. The third-order valence-electron chi connectivity index (χ3n) is 6.63. The highest BCUT2D eigenvalue weighted by atomic mass is 35.5. The van der Waals surface area contributed by atoms with Gasteiger partial charge in [-0.15, -0.1) is 0 Å². The van der Waals surface area contributed by atoms with Crippen LogP contribution < -0.4 is 14.9 Å². The van der Waals surface area contributed by atoms with Crippen LogP contribution in [0.1, 0.15) is 42.0 Å². The third kappa shape index (κ3) is 4.41. The van der Waals surface area contributed by atoms with Crippen LogP contribution in [0.2, 0.25) is 10.0 Å². The molecule has 6 rings (SSSR count). The molecule has 6 heteroatoms. The normalized spacial score (nSPS) is 18.7. The van der Waals surface area contributed by atoms with E-state index in [2.05, 4.69) is 6.08 Å². The van der Waals surface area contributed by atoms with Crippen LogP contribution in [0.5, 0.6) is 0 Å². The van der Waals surface area contributed by atoms with E-state index in [9.17, 15) is 4.79 Å². The molecule has 0 fully saturated rings. The Kier molecular flexibility index (Phi) is 6.26. The van der Waals surface area contributed by atoms with E-state index in [-0.39, 0.29) is 11.6 Å². The number of hydrogen-bond donors (Lipinski definition) is 0. The smallest absolute Gasteiger partial charge is 0.271 e. The Labute approximate surface area is 223 Å². The summed E-state index contributed by atoms with van der Waals surface area (Å²) in [7, 11) is 0. The van der Waals surface area contributed by atoms with E-state index < -0.39 is 0 Å². The lowest BCUT2D eigenvalue weighted by molar-refractivity contribution is 0.553. The first-order valence-corrected chi connectivity index (χ1v) is 13.5. The zero-order valence-corrected chi connectivity index (χ0v) is 21.7. The standard InChI is InChI=1S/C30H22Cl2N2OS/c31-23-13-9-20(10-14-23)17-22-7-4-8-25-27(22)33-30-34(28(25)21-11-15-24(32)16-12-21)29(35)26(36-30)18-19-5-2-1-3-6-19/h1-3,5-6,9-18,28H,4,7-8H2/b22-17+,26-18-. The van der Waals surface area contributed by atoms with Gasteiger partial charge < -0.3 is 0 Å². The molecule has 3 aromatic carbocycles. The van der Waals surface area contributed by atoms with Crippen molar-refractivity contribution in [2.24, 2.45) is 4.99 Å². The third-order valence-corrected chi connectivity index (χ3v) is 8.11. The number of hydrogen-bond acceptors (Lipinski definition) is 3. The molecule has 2 aliphatic rings. The van der Waals surface area contributed by atoms with Crippen molar-refractivity contribution in [3.63, 3.8) is 0 Å². The molecule has 178 valence electrons. The maximum atomic E-state index is 13.8. The number of halogens is 2. The zero-order valence-electron chi connectivity index (χ0n) is 19.3. The molecule has 0 bridgehead atoms. The van der Waals surface area contributed by atoms with Gasteiger partial charge in [-0.2, -0.15) is 0 Å². The highest BCUT2D eigenvalue weighted by molar-refractivity contribution is 7.07. The maximum Gasteiger partial charge on any atom is 0.271 e. The van der Waals surface area contributed by atoms with E-state index in [0.717, 1.165) is 51.5 Å². The van der Waals surface area contributed by atoms with Crippen molar-refractivity contribution in [3.8, 4) is 0 Å². The minimum atomic E-state index is -0.208. The molecule has 1 aliphatic heterocycles. The van der Waals surface area contributed by atoms with Crippen molar-refractivity contribution in [2.75, 3.05) is 0 Å². The number of fused-ring (bicyclic) bond motifs is 1. The average Bonchev–Trinajstić information content (AvgIpc) is 3.20. The van der Waals surface area contributed by atoms with Crippen molar-refractivity contribution >= 4 is 46.7 Å². The fraction of sp³-hybridized carbons (Fsp3) is 0.133. The summed E-state index contributed by atoms with van der Waals surface area (Å²) in [5, 5.41) is 1.40. The van der Waals surface area contributed by atoms with Crippen LogP contribution in [0.3, 0.4) is 0 Å². The molecule has 1 aliphatic carbocycles. The Bertz CT molecular complexity index is 1680. The Morgan fingerprint density at radius 1 is 0.833 bits per heavy atom. The van der Waals surface area contributed by atoms with E-state index in [1.54, 1.807) is 0 Å². The average molecular weight is 529 g/mol. The summed E-state index contributed by atoms with van der Waals surface area (Å²) in [5.74, 6) is 0. The number of benzene rings is 3. The van der Waals surface area contributed by atoms with E-state index in [1.165, 1.54) is 22.5 Å². The summed E-state index contributed by atoms with van der Waals surface area (Å²) in [6.45, 7) is 0. The molecule has 0 N–H and O–H groups in total. The second-order valence-corrected chi connectivity index (χ2v) is 10.9. The molecule has 4 aromatic rings. The highest BCUT2D eigenvalue weighted by Gasteiger charge is 2.32. The minimum absolute atomic E-state index is 0.0112. The number of thiazole rings is 1. The summed E-state index contributed by atoms with van der Waals surface area (Å²) in [5.41, 5.74) is 6.50. The molecular weight excluding hydrogens is 507 g/mol. The van der Waals surface area contributed by atoms with Gasteiger partial charge in [0.25, 0.3) is 5.56 Å². The van der Waals surface area contributed by atoms with Crippen molar-refractivity contribution in [1.29, 1.82) is 0 Å². The topological polar surface area (TPSA) is 34.4 Å². The fourth-order valence-electron chi connectivity index (χ4n) is 4.96. The Morgan fingerprint density at radius 2 is 1.50 bits per heavy atom. The summed E-state index contributed by atoms with van der Waals surface area (Å²) >= 11 is 13.8. The van der Waals surface area contributed by atoms with E-state index in [1.807, 2.05) is 89.5 Å². The SMILES string of the molecule is O=c1/c(=C/c2ccccc2)sc2n1C(c1ccc(Cl)cc1)C1=C(N=2)/C(=C/c2ccc(Cl)cc2)CCC1. The summed E-state index contributed by atoms with van der Waals surface area (Å²) < 4.78 is 2.55. The van der Waals surface area contributed by atoms with Gasteiger partial charge in [-0.25, -0.2) is 4.99 Å². The Hall–Kier alpha value is -3.18. The Balaban J connectivity index is 1.58. The monoisotopic (exact) mass is 528 g/mol. The summed E-state index contributed by atoms with van der Waals surface area (Å²) in [4.78, 5) is 19.6. The number of aromatic nitrogens is 1. The van der Waals surface area contributed by atoms with E-state index in [4.69, 9.17) is 28.2 Å². The van der Waals surface area contributed by atoms with Crippen LogP contribution in [0.15, 0.2) is 105 Å². The molecule has 0 amide bonds. The summed E-state index contributed by atoms with van der Waals surface area (Å²) in [6.07, 6.45) is 7.00. The number of rotatable bonds is 3. The molecule has 0 radical (unpaired) electrons. The Morgan fingerprint density at radius 3 is 2.22 bits per heavy atom. The van der Waals surface area contributed by atoms with Gasteiger partial charge in [0.2, 0.25) is 0 Å². The number of allylic oxidation sites excluding steroid dienone is 2. The lowest BCUT2D eigenvalue weighted by Gasteiger charge is -2.31. The van der Waals surface area contributed by atoms with Crippen molar-refractivity contribution in [1.82, 2.24) is 4.57 Å².